The van der Waals surface area contributed by atoms with Crippen LogP contribution in [0.4, 0.5) is 0 Å². The number of hydrogen-bond acceptors (Lipinski definition) is 0. The van der Waals surface area contributed by atoms with E-state index in [4.69, 9.17) is 0 Å². The molecule has 0 saturated heterocycles. The molecule has 0 nitrogen and oxygen atoms in total. The lowest BCUT2D eigenvalue weighted by Gasteiger charge is -2.08. The average Bonchev–Trinajstić information content (AvgIpc) is 1.86. The minimum absolute atomic E-state index is 0. The summed E-state index contributed by atoms with van der Waals surface area (Å²) in [4.78, 5) is 0. The zero-order chi connectivity index (χ0) is 10.4. The number of hydrogen-bond donors (Lipinski definition) is 0. The first-order valence-corrected chi connectivity index (χ1v) is 4.39. The summed E-state index contributed by atoms with van der Waals surface area (Å²) in [7, 11) is 0. The highest BCUT2D eigenvalue weighted by molar-refractivity contribution is 4.82. The van der Waals surface area contributed by atoms with Crippen LogP contribution in [0.1, 0.15) is 56.4 Å². The quantitative estimate of drug-likeness (QED) is 0.439. The predicted molar refractivity (Wildman–Crippen MR) is 72.8 cm³/mol. The molecule has 14 heavy (non-hydrogen) atoms. The van der Waals surface area contributed by atoms with Gasteiger partial charge in [-0.3, -0.25) is 0 Å². The zero-order valence-corrected chi connectivity index (χ0v) is 9.57. The summed E-state index contributed by atoms with van der Waals surface area (Å²) >= 11 is 0. The maximum Gasteiger partial charge on any atom is -0.0206 e. The Balaban J connectivity index is -0.0000000625. The molecule has 0 aromatic rings. The van der Waals surface area contributed by atoms with Crippen molar-refractivity contribution < 1.29 is 0 Å². The van der Waals surface area contributed by atoms with Crippen LogP contribution in [0, 0.1) is 10.8 Å². The van der Waals surface area contributed by atoms with E-state index in [1.54, 1.807) is 0 Å². The first-order chi connectivity index (χ1) is 5.12. The highest BCUT2D eigenvalue weighted by Crippen LogP contribution is 2.12. The van der Waals surface area contributed by atoms with E-state index in [-0.39, 0.29) is 14.9 Å². The van der Waals surface area contributed by atoms with Crippen LogP contribution >= 0.6 is 0 Å². The summed E-state index contributed by atoms with van der Waals surface area (Å²) in [5, 5.41) is 0. The molecule has 0 bridgehead atoms. The molecule has 0 heteroatoms. The van der Waals surface area contributed by atoms with Crippen LogP contribution in [0.5, 0.6) is 0 Å². The average molecular weight is 200 g/mol. The van der Waals surface area contributed by atoms with Crippen LogP contribution < -0.4 is 0 Å². The Morgan fingerprint density at radius 3 is 0.714 bits per heavy atom. The summed E-state index contributed by atoms with van der Waals surface area (Å²) < 4.78 is 0. The first-order valence-electron chi connectivity index (χ1n) is 4.39. The highest BCUT2D eigenvalue weighted by atomic mass is 14.1. The van der Waals surface area contributed by atoms with E-state index < -0.39 is 0 Å². The fraction of sp³-hybridized carbons (Fsp3) is 0.714. The molecule has 0 spiro atoms. The van der Waals surface area contributed by atoms with E-state index in [2.05, 4.69) is 54.7 Å². The lowest BCUT2D eigenvalue weighted by atomic mass is 9.98. The van der Waals surface area contributed by atoms with Gasteiger partial charge >= 0.3 is 0 Å². The van der Waals surface area contributed by atoms with Crippen molar-refractivity contribution in [1.82, 2.24) is 0 Å². The molecule has 88 valence electrons. The maximum atomic E-state index is 3.63. The van der Waals surface area contributed by atoms with Crippen LogP contribution in [0.3, 0.4) is 0 Å². The number of rotatable bonds is 0. The van der Waals surface area contributed by atoms with E-state index in [1.807, 2.05) is 12.2 Å². The summed E-state index contributed by atoms with van der Waals surface area (Å²) in [5.74, 6) is 0. The van der Waals surface area contributed by atoms with Gasteiger partial charge in [0, 0.05) is 0 Å². The van der Waals surface area contributed by atoms with Crippen molar-refractivity contribution in [3.8, 4) is 0 Å². The third-order valence-electron chi connectivity index (χ3n) is 1.22. The second-order valence-corrected chi connectivity index (χ2v) is 5.14. The molecular weight excluding hydrogens is 168 g/mol. The predicted octanol–water partition coefficient (Wildman–Crippen LogP) is 5.71. The van der Waals surface area contributed by atoms with Crippen LogP contribution in [-0.2, 0) is 0 Å². The van der Waals surface area contributed by atoms with Crippen molar-refractivity contribution in [2.24, 2.45) is 10.8 Å². The fourth-order valence-electron chi connectivity index (χ4n) is 0. The SMILES string of the molecule is C.C.C=CC(C)(C)C.C=CC(C)(C)C. The molecule has 0 aliphatic heterocycles. The van der Waals surface area contributed by atoms with Gasteiger partial charge in [0.1, 0.15) is 0 Å². The van der Waals surface area contributed by atoms with Gasteiger partial charge in [-0.2, -0.15) is 0 Å². The second kappa shape index (κ2) is 9.05. The highest BCUT2D eigenvalue weighted by Gasteiger charge is 2.00. The molecule has 0 amide bonds. The van der Waals surface area contributed by atoms with Crippen molar-refractivity contribution in [2.45, 2.75) is 56.4 Å². The van der Waals surface area contributed by atoms with Gasteiger partial charge in [0.2, 0.25) is 0 Å². The van der Waals surface area contributed by atoms with Crippen molar-refractivity contribution >= 4 is 0 Å². The third-order valence-corrected chi connectivity index (χ3v) is 1.22. The van der Waals surface area contributed by atoms with E-state index in [9.17, 15) is 0 Å². The van der Waals surface area contributed by atoms with E-state index in [1.165, 1.54) is 0 Å². The lowest BCUT2D eigenvalue weighted by Crippen LogP contribution is -1.96. The normalized spacial score (nSPS) is 9.57. The molecule has 0 radical (unpaired) electrons. The van der Waals surface area contributed by atoms with Gasteiger partial charge in [-0.25, -0.2) is 0 Å². The summed E-state index contributed by atoms with van der Waals surface area (Å²) in [6.45, 7) is 20.0. The van der Waals surface area contributed by atoms with Gasteiger partial charge in [0.15, 0.2) is 0 Å². The Morgan fingerprint density at radius 1 is 0.643 bits per heavy atom. The molecule has 0 saturated carbocycles. The zero-order valence-electron chi connectivity index (χ0n) is 9.57. The fourth-order valence-corrected chi connectivity index (χ4v) is 0. The smallest absolute Gasteiger partial charge is 0.0206 e. The van der Waals surface area contributed by atoms with E-state index >= 15 is 0 Å². The summed E-state index contributed by atoms with van der Waals surface area (Å²) in [6.07, 6.45) is 3.88. The van der Waals surface area contributed by atoms with Gasteiger partial charge in [0.05, 0.1) is 0 Å². The first kappa shape index (κ1) is 23.4. The molecule has 0 aromatic carbocycles. The van der Waals surface area contributed by atoms with Crippen molar-refractivity contribution in [3.05, 3.63) is 25.3 Å². The van der Waals surface area contributed by atoms with Gasteiger partial charge < -0.3 is 0 Å². The molecule has 0 unspecified atom stereocenters. The third kappa shape index (κ3) is 42.0. The lowest BCUT2D eigenvalue weighted by molar-refractivity contribution is 0.545. The van der Waals surface area contributed by atoms with Gasteiger partial charge in [-0.05, 0) is 10.8 Å². The van der Waals surface area contributed by atoms with Crippen molar-refractivity contribution in [2.75, 3.05) is 0 Å². The van der Waals surface area contributed by atoms with Crippen LogP contribution in [-0.4, -0.2) is 0 Å². The molecule has 0 atom stereocenters. The molecule has 0 rings (SSSR count). The van der Waals surface area contributed by atoms with Crippen molar-refractivity contribution in [1.29, 1.82) is 0 Å². The molecule has 0 aliphatic rings. The Labute approximate surface area is 93.1 Å². The van der Waals surface area contributed by atoms with E-state index in [0.717, 1.165) is 0 Å². The van der Waals surface area contributed by atoms with E-state index in [0.29, 0.717) is 10.8 Å². The minimum atomic E-state index is 0. The molecule has 0 N–H and O–H groups in total. The Bertz CT molecular complexity index is 109. The standard InChI is InChI=1S/2C6H12.2CH4/c2*1-5-6(2,3)4;;/h2*5H,1H2,2-4H3;2*1H4. The largest absolute Gasteiger partial charge is 0.103 e. The summed E-state index contributed by atoms with van der Waals surface area (Å²) in [5.41, 5.74) is 0.611. The van der Waals surface area contributed by atoms with Gasteiger partial charge in [-0.15, -0.1) is 13.2 Å². The molecule has 0 heterocycles. The van der Waals surface area contributed by atoms with Crippen molar-refractivity contribution in [3.63, 3.8) is 0 Å². The second-order valence-electron chi connectivity index (χ2n) is 5.14. The van der Waals surface area contributed by atoms with Crippen LogP contribution in [0.25, 0.3) is 0 Å². The maximum absolute atomic E-state index is 3.63. The topological polar surface area (TPSA) is 0 Å². The van der Waals surface area contributed by atoms with Crippen LogP contribution in [0.2, 0.25) is 0 Å². The Morgan fingerprint density at radius 2 is 0.714 bits per heavy atom. The monoisotopic (exact) mass is 200 g/mol. The number of allylic oxidation sites excluding steroid dienone is 2. The van der Waals surface area contributed by atoms with Gasteiger partial charge in [0.25, 0.3) is 0 Å². The molecule has 0 aromatic heterocycles. The molecule has 0 fully saturated rings. The molecular formula is C14H32. The summed E-state index contributed by atoms with van der Waals surface area (Å²) in [6, 6.07) is 0. The Hall–Kier alpha value is -0.520. The van der Waals surface area contributed by atoms with Crippen LogP contribution in [0.15, 0.2) is 25.3 Å². The molecule has 0 aliphatic carbocycles. The van der Waals surface area contributed by atoms with Gasteiger partial charge in [-0.1, -0.05) is 68.5 Å². The minimum Gasteiger partial charge on any atom is -0.103 e. The Kier molecular flexibility index (Phi) is 15.1.